The monoisotopic (exact) mass is 440 g/mol. The number of hydrogen-bond acceptors (Lipinski definition) is 5. The summed E-state index contributed by atoms with van der Waals surface area (Å²) in [5, 5.41) is 8.35. The molecule has 0 aliphatic heterocycles. The Labute approximate surface area is 178 Å². The number of carbonyl (C=O) groups excluding carboxylic acids is 1. The van der Waals surface area contributed by atoms with E-state index in [2.05, 4.69) is 10.4 Å². The van der Waals surface area contributed by atoms with Gasteiger partial charge in [0.1, 0.15) is 4.83 Å². The van der Waals surface area contributed by atoms with Crippen molar-refractivity contribution in [2.24, 2.45) is 0 Å². The third-order valence-corrected chi connectivity index (χ3v) is 7.60. The van der Waals surface area contributed by atoms with Crippen LogP contribution in [0.3, 0.4) is 0 Å². The highest BCUT2D eigenvalue weighted by atomic mass is 32.2. The van der Waals surface area contributed by atoms with Crippen LogP contribution in [0.25, 0.3) is 15.9 Å². The number of sulfonamides is 1. The SMILES string of the molecule is Cc1nn(-c2ccccc2)c2sc(C(=O)Nc3ccc(S(=O)(=O)N(C)C)cc3)cc12. The first-order chi connectivity index (χ1) is 14.3. The second-order valence-electron chi connectivity index (χ2n) is 6.93. The molecule has 154 valence electrons. The quantitative estimate of drug-likeness (QED) is 0.510. The molecule has 2 heterocycles. The number of para-hydroxylation sites is 1. The minimum Gasteiger partial charge on any atom is -0.321 e. The van der Waals surface area contributed by atoms with Crippen molar-refractivity contribution in [1.29, 1.82) is 0 Å². The Balaban J connectivity index is 1.60. The summed E-state index contributed by atoms with van der Waals surface area (Å²) >= 11 is 1.36. The number of carbonyl (C=O) groups is 1. The van der Waals surface area contributed by atoms with E-state index in [0.29, 0.717) is 10.6 Å². The van der Waals surface area contributed by atoms with Crippen molar-refractivity contribution in [2.75, 3.05) is 19.4 Å². The molecule has 0 aliphatic rings. The molecule has 0 atom stereocenters. The molecule has 4 rings (SSSR count). The summed E-state index contributed by atoms with van der Waals surface area (Å²) in [7, 11) is -0.553. The predicted molar refractivity (Wildman–Crippen MR) is 119 cm³/mol. The van der Waals surface area contributed by atoms with Crippen LogP contribution in [0.4, 0.5) is 5.69 Å². The van der Waals surface area contributed by atoms with Crippen molar-refractivity contribution in [3.05, 3.63) is 71.2 Å². The van der Waals surface area contributed by atoms with E-state index in [9.17, 15) is 13.2 Å². The largest absolute Gasteiger partial charge is 0.321 e. The first kappa shape index (κ1) is 20.3. The molecule has 0 spiro atoms. The van der Waals surface area contributed by atoms with Gasteiger partial charge in [-0.1, -0.05) is 18.2 Å². The van der Waals surface area contributed by atoms with Crippen molar-refractivity contribution >= 4 is 43.2 Å². The van der Waals surface area contributed by atoms with E-state index >= 15 is 0 Å². The highest BCUT2D eigenvalue weighted by Crippen LogP contribution is 2.31. The maximum atomic E-state index is 12.8. The van der Waals surface area contributed by atoms with Gasteiger partial charge in [0.15, 0.2) is 0 Å². The highest BCUT2D eigenvalue weighted by molar-refractivity contribution is 7.89. The van der Waals surface area contributed by atoms with Crippen LogP contribution in [0.5, 0.6) is 0 Å². The molecule has 0 saturated carbocycles. The van der Waals surface area contributed by atoms with Gasteiger partial charge in [-0.05, 0) is 49.4 Å². The van der Waals surface area contributed by atoms with E-state index in [0.717, 1.165) is 25.9 Å². The molecule has 0 fully saturated rings. The number of hydrogen-bond donors (Lipinski definition) is 1. The summed E-state index contributed by atoms with van der Waals surface area (Å²) < 4.78 is 27.3. The maximum absolute atomic E-state index is 12.8. The number of fused-ring (bicyclic) bond motifs is 1. The predicted octanol–water partition coefficient (Wildman–Crippen LogP) is 3.90. The standard InChI is InChI=1S/C21H20N4O3S2/c1-14-18-13-19(29-21(18)25(23-14)16-7-5-4-6-8-16)20(26)22-15-9-11-17(12-10-15)30(27,28)24(2)3/h4-13H,1-3H3,(H,22,26). The number of benzene rings is 2. The average molecular weight is 441 g/mol. The second kappa shape index (κ2) is 7.67. The lowest BCUT2D eigenvalue weighted by Gasteiger charge is -2.11. The van der Waals surface area contributed by atoms with Crippen molar-refractivity contribution in [1.82, 2.24) is 14.1 Å². The second-order valence-corrected chi connectivity index (χ2v) is 10.1. The van der Waals surface area contributed by atoms with Crippen molar-refractivity contribution in [3.8, 4) is 5.69 Å². The highest BCUT2D eigenvalue weighted by Gasteiger charge is 2.19. The normalized spacial score (nSPS) is 11.9. The van der Waals surface area contributed by atoms with Crippen LogP contribution in [0.1, 0.15) is 15.4 Å². The summed E-state index contributed by atoms with van der Waals surface area (Å²) in [5.74, 6) is -0.251. The van der Waals surface area contributed by atoms with Gasteiger partial charge in [-0.3, -0.25) is 4.79 Å². The van der Waals surface area contributed by atoms with E-state index < -0.39 is 10.0 Å². The Bertz CT molecular complexity index is 1320. The smallest absolute Gasteiger partial charge is 0.265 e. The van der Waals surface area contributed by atoms with Gasteiger partial charge >= 0.3 is 0 Å². The molecule has 0 bridgehead atoms. The van der Waals surface area contributed by atoms with Gasteiger partial charge in [0.2, 0.25) is 10.0 Å². The molecule has 0 unspecified atom stereocenters. The molecule has 0 saturated heterocycles. The number of amides is 1. The average Bonchev–Trinajstić information content (AvgIpc) is 3.30. The minimum atomic E-state index is -3.51. The molecular weight excluding hydrogens is 420 g/mol. The number of thiophene rings is 1. The molecular formula is C21H20N4O3S2. The lowest BCUT2D eigenvalue weighted by molar-refractivity contribution is 0.103. The number of anilines is 1. The van der Waals surface area contributed by atoms with Crippen LogP contribution in [0.15, 0.2) is 65.6 Å². The number of aromatic nitrogens is 2. The van der Waals surface area contributed by atoms with Gasteiger partial charge in [-0.2, -0.15) is 5.10 Å². The first-order valence-corrected chi connectivity index (χ1v) is 11.4. The summed E-state index contributed by atoms with van der Waals surface area (Å²) in [6, 6.07) is 17.7. The first-order valence-electron chi connectivity index (χ1n) is 9.16. The Morgan fingerprint density at radius 2 is 1.73 bits per heavy atom. The van der Waals surface area contributed by atoms with Gasteiger partial charge in [0.25, 0.3) is 5.91 Å². The molecule has 0 radical (unpaired) electrons. The van der Waals surface area contributed by atoms with Crippen molar-refractivity contribution in [2.45, 2.75) is 11.8 Å². The van der Waals surface area contributed by atoms with Gasteiger partial charge in [-0.25, -0.2) is 17.4 Å². The lowest BCUT2D eigenvalue weighted by atomic mass is 10.3. The van der Waals surface area contributed by atoms with Gasteiger partial charge < -0.3 is 5.32 Å². The van der Waals surface area contributed by atoms with E-state index in [4.69, 9.17) is 0 Å². The zero-order valence-corrected chi connectivity index (χ0v) is 18.3. The van der Waals surface area contributed by atoms with E-state index in [1.807, 2.05) is 48.0 Å². The topological polar surface area (TPSA) is 84.3 Å². The Hall–Kier alpha value is -3.01. The van der Waals surface area contributed by atoms with Crippen LogP contribution in [0.2, 0.25) is 0 Å². The molecule has 7 nitrogen and oxygen atoms in total. The molecule has 1 amide bonds. The van der Waals surface area contributed by atoms with Crippen LogP contribution in [-0.4, -0.2) is 42.5 Å². The summed E-state index contributed by atoms with van der Waals surface area (Å²) in [6.07, 6.45) is 0. The van der Waals surface area contributed by atoms with Gasteiger partial charge in [0.05, 0.1) is 21.2 Å². The van der Waals surface area contributed by atoms with Crippen LogP contribution in [-0.2, 0) is 10.0 Å². The third kappa shape index (κ3) is 3.62. The fraction of sp³-hybridized carbons (Fsp3) is 0.143. The number of nitrogens with one attached hydrogen (secondary N) is 1. The summed E-state index contributed by atoms with van der Waals surface area (Å²) in [4.78, 5) is 14.4. The third-order valence-electron chi connectivity index (χ3n) is 4.66. The Morgan fingerprint density at radius 1 is 1.07 bits per heavy atom. The minimum absolute atomic E-state index is 0.172. The molecule has 30 heavy (non-hydrogen) atoms. The van der Waals surface area contributed by atoms with Crippen molar-refractivity contribution in [3.63, 3.8) is 0 Å². The molecule has 9 heteroatoms. The van der Waals surface area contributed by atoms with Gasteiger partial charge in [0, 0.05) is 25.2 Å². The van der Waals surface area contributed by atoms with Crippen molar-refractivity contribution < 1.29 is 13.2 Å². The molecule has 2 aromatic carbocycles. The number of rotatable bonds is 5. The fourth-order valence-corrected chi connectivity index (χ4v) is 5.00. The van der Waals surface area contributed by atoms with E-state index in [1.165, 1.54) is 37.6 Å². The molecule has 4 aromatic rings. The van der Waals surface area contributed by atoms with E-state index in [1.54, 1.807) is 12.1 Å². The van der Waals surface area contributed by atoms with Crippen LogP contribution < -0.4 is 5.32 Å². The number of aryl methyl sites for hydroxylation is 1. The lowest BCUT2D eigenvalue weighted by Crippen LogP contribution is -2.22. The van der Waals surface area contributed by atoms with Crippen LogP contribution in [0, 0.1) is 6.92 Å². The van der Waals surface area contributed by atoms with Crippen LogP contribution >= 0.6 is 11.3 Å². The van der Waals surface area contributed by atoms with Gasteiger partial charge in [-0.15, -0.1) is 11.3 Å². The Morgan fingerprint density at radius 3 is 2.37 bits per heavy atom. The molecule has 2 aromatic heterocycles. The van der Waals surface area contributed by atoms with E-state index in [-0.39, 0.29) is 10.8 Å². The number of nitrogens with zero attached hydrogens (tertiary/aromatic N) is 3. The zero-order chi connectivity index (χ0) is 21.5. The molecule has 1 N–H and O–H groups in total. The fourth-order valence-electron chi connectivity index (χ4n) is 3.02. The molecule has 0 aliphatic carbocycles. The zero-order valence-electron chi connectivity index (χ0n) is 16.7. The maximum Gasteiger partial charge on any atom is 0.265 e. The summed E-state index contributed by atoms with van der Waals surface area (Å²) in [5.41, 5.74) is 2.31. The summed E-state index contributed by atoms with van der Waals surface area (Å²) in [6.45, 7) is 1.92. The Kier molecular flexibility index (Phi) is 5.19.